The predicted molar refractivity (Wildman–Crippen MR) is 220 cm³/mol. The Bertz CT molecular complexity index is 3140. The molecule has 5 nitrogen and oxygen atoms in total. The van der Waals surface area contributed by atoms with Crippen molar-refractivity contribution in [1.82, 2.24) is 4.98 Å². The van der Waals surface area contributed by atoms with E-state index in [0.717, 1.165) is 94.3 Å². The molecule has 8 aromatic carbocycles. The summed E-state index contributed by atoms with van der Waals surface area (Å²) in [5, 5.41) is 4.22. The van der Waals surface area contributed by atoms with Gasteiger partial charge in [0.25, 0.3) is 0 Å². The van der Waals surface area contributed by atoms with Gasteiger partial charge in [-0.15, -0.1) is 0 Å². The van der Waals surface area contributed by atoms with Crippen molar-refractivity contribution >= 4 is 72.0 Å². The van der Waals surface area contributed by atoms with E-state index in [1.54, 1.807) is 0 Å². The van der Waals surface area contributed by atoms with Crippen LogP contribution in [0.2, 0.25) is 0 Å². The molecule has 5 heteroatoms. The van der Waals surface area contributed by atoms with Gasteiger partial charge < -0.3 is 18.2 Å². The molecule has 0 amide bonds. The Balaban J connectivity index is 1.03. The van der Waals surface area contributed by atoms with Crippen LogP contribution >= 0.6 is 0 Å². The van der Waals surface area contributed by atoms with Gasteiger partial charge in [-0.05, 0) is 83.4 Å². The van der Waals surface area contributed by atoms with Gasteiger partial charge in [-0.1, -0.05) is 109 Å². The number of benzene rings is 8. The first-order valence-electron chi connectivity index (χ1n) is 18.0. The molecule has 3 heterocycles. The first kappa shape index (κ1) is 30.3. The van der Waals surface area contributed by atoms with Crippen LogP contribution in [-0.2, 0) is 0 Å². The van der Waals surface area contributed by atoms with Crippen LogP contribution in [0.5, 0.6) is 0 Å². The molecular formula is C49H30N2O3. The van der Waals surface area contributed by atoms with Gasteiger partial charge in [-0.2, -0.15) is 0 Å². The second-order valence-corrected chi connectivity index (χ2v) is 13.6. The summed E-state index contributed by atoms with van der Waals surface area (Å²) in [5.74, 6) is 0.591. The van der Waals surface area contributed by atoms with Gasteiger partial charge in [-0.3, -0.25) is 0 Å². The highest BCUT2D eigenvalue weighted by atomic mass is 16.4. The monoisotopic (exact) mass is 694 g/mol. The van der Waals surface area contributed by atoms with Crippen LogP contribution < -0.4 is 4.90 Å². The molecule has 54 heavy (non-hydrogen) atoms. The summed E-state index contributed by atoms with van der Waals surface area (Å²) in [6.45, 7) is 0. The minimum absolute atomic E-state index is 0.591. The molecule has 11 aromatic rings. The molecule has 0 spiro atoms. The zero-order valence-electron chi connectivity index (χ0n) is 28.9. The maximum absolute atomic E-state index is 6.40. The van der Waals surface area contributed by atoms with Gasteiger partial charge >= 0.3 is 0 Å². The van der Waals surface area contributed by atoms with Crippen molar-refractivity contribution in [1.29, 1.82) is 0 Å². The van der Waals surface area contributed by atoms with Crippen LogP contribution in [0.15, 0.2) is 195 Å². The molecule has 11 rings (SSSR count). The Labute approximate surface area is 309 Å². The molecule has 0 aliphatic heterocycles. The lowest BCUT2D eigenvalue weighted by Gasteiger charge is -2.26. The summed E-state index contributed by atoms with van der Waals surface area (Å²) in [4.78, 5) is 7.06. The van der Waals surface area contributed by atoms with Crippen molar-refractivity contribution in [3.05, 3.63) is 182 Å². The van der Waals surface area contributed by atoms with E-state index in [9.17, 15) is 0 Å². The molecule has 0 saturated heterocycles. The number of fused-ring (bicyclic) bond motifs is 7. The Hall–Kier alpha value is -7.37. The number of hydrogen-bond acceptors (Lipinski definition) is 5. The molecule has 0 bridgehead atoms. The lowest BCUT2D eigenvalue weighted by atomic mass is 10.0. The molecule has 0 aliphatic rings. The van der Waals surface area contributed by atoms with Crippen molar-refractivity contribution in [2.45, 2.75) is 0 Å². The lowest BCUT2D eigenvalue weighted by Crippen LogP contribution is -2.09. The maximum Gasteiger partial charge on any atom is 0.227 e. The van der Waals surface area contributed by atoms with Crippen LogP contribution in [-0.4, -0.2) is 4.98 Å². The third-order valence-electron chi connectivity index (χ3n) is 10.3. The molecule has 0 N–H and O–H groups in total. The fourth-order valence-electron chi connectivity index (χ4n) is 7.67. The van der Waals surface area contributed by atoms with Gasteiger partial charge in [0.1, 0.15) is 27.8 Å². The third-order valence-corrected chi connectivity index (χ3v) is 10.3. The molecule has 0 fully saturated rings. The van der Waals surface area contributed by atoms with Crippen LogP contribution in [0.4, 0.5) is 17.1 Å². The topological polar surface area (TPSA) is 55.6 Å². The predicted octanol–water partition coefficient (Wildman–Crippen LogP) is 14.1. The molecule has 0 radical (unpaired) electrons. The normalized spacial score (nSPS) is 11.7. The smallest absolute Gasteiger partial charge is 0.227 e. The molecular weight excluding hydrogens is 665 g/mol. The number of rotatable bonds is 6. The summed E-state index contributed by atoms with van der Waals surface area (Å²) in [6, 6.07) is 62.9. The second kappa shape index (κ2) is 12.1. The van der Waals surface area contributed by atoms with Crippen LogP contribution in [0, 0.1) is 0 Å². The van der Waals surface area contributed by atoms with Gasteiger partial charge in [0.15, 0.2) is 5.58 Å². The molecule has 0 saturated carbocycles. The van der Waals surface area contributed by atoms with Crippen molar-refractivity contribution in [2.75, 3.05) is 4.90 Å². The van der Waals surface area contributed by atoms with Crippen LogP contribution in [0.3, 0.4) is 0 Å². The first-order chi connectivity index (χ1) is 26.7. The average Bonchev–Trinajstić information content (AvgIpc) is 3.94. The van der Waals surface area contributed by atoms with Crippen LogP contribution in [0.1, 0.15) is 0 Å². The standard InChI is InChI=1S/C49H30N2O3/c1-3-10-31(11-4-1)32-18-22-35(23-19-32)51(36-24-20-33(21-25-36)38-15-9-16-40-39-14-7-8-17-44(39)53-48(38)40)37-26-27-45-41(28-37)42-29-47-43(30-46(42)52-45)50-49(54-47)34-12-5-2-6-13-34/h1-30H. The van der Waals surface area contributed by atoms with Gasteiger partial charge in [0, 0.05) is 55.8 Å². The average molecular weight is 695 g/mol. The van der Waals surface area contributed by atoms with E-state index in [0.29, 0.717) is 5.89 Å². The Kier molecular flexibility index (Phi) is 6.79. The fraction of sp³-hybridized carbons (Fsp3) is 0. The van der Waals surface area contributed by atoms with E-state index >= 15 is 0 Å². The van der Waals surface area contributed by atoms with Gasteiger partial charge in [-0.25, -0.2) is 4.98 Å². The zero-order chi connectivity index (χ0) is 35.6. The van der Waals surface area contributed by atoms with Crippen molar-refractivity contribution < 1.29 is 13.3 Å². The molecule has 0 unspecified atom stereocenters. The quantitative estimate of drug-likeness (QED) is 0.173. The zero-order valence-corrected chi connectivity index (χ0v) is 28.9. The van der Waals surface area contributed by atoms with Crippen molar-refractivity contribution in [3.8, 4) is 33.7 Å². The number of para-hydroxylation sites is 2. The summed E-state index contributed by atoms with van der Waals surface area (Å²) in [5.41, 5.74) is 13.4. The maximum atomic E-state index is 6.40. The Morgan fingerprint density at radius 1 is 0.352 bits per heavy atom. The summed E-state index contributed by atoms with van der Waals surface area (Å²) in [6.07, 6.45) is 0. The summed E-state index contributed by atoms with van der Waals surface area (Å²) >= 11 is 0. The minimum atomic E-state index is 0.591. The lowest BCUT2D eigenvalue weighted by molar-refractivity contribution is 0.620. The van der Waals surface area contributed by atoms with E-state index in [4.69, 9.17) is 18.2 Å². The van der Waals surface area contributed by atoms with Gasteiger partial charge in [0.05, 0.1) is 0 Å². The molecule has 0 aliphatic carbocycles. The SMILES string of the molecule is c1ccc(-c2ccc(N(c3ccc(-c4cccc5c4oc4ccccc45)cc3)c3ccc4oc5cc6nc(-c7ccccc7)oc6cc5c4c3)cc2)cc1. The number of aromatic nitrogens is 1. The third kappa shape index (κ3) is 4.98. The van der Waals surface area contributed by atoms with E-state index in [1.165, 1.54) is 5.56 Å². The fourth-order valence-corrected chi connectivity index (χ4v) is 7.67. The molecule has 0 atom stereocenters. The highest BCUT2D eigenvalue weighted by Gasteiger charge is 2.19. The minimum Gasteiger partial charge on any atom is -0.456 e. The van der Waals surface area contributed by atoms with Crippen molar-refractivity contribution in [2.24, 2.45) is 0 Å². The Morgan fingerprint density at radius 3 is 1.74 bits per heavy atom. The first-order valence-corrected chi connectivity index (χ1v) is 18.0. The van der Waals surface area contributed by atoms with Crippen molar-refractivity contribution in [3.63, 3.8) is 0 Å². The van der Waals surface area contributed by atoms with E-state index in [2.05, 4.69) is 126 Å². The number of oxazole rings is 1. The van der Waals surface area contributed by atoms with Gasteiger partial charge in [0.2, 0.25) is 5.89 Å². The molecule has 3 aromatic heterocycles. The Morgan fingerprint density at radius 2 is 0.963 bits per heavy atom. The van der Waals surface area contributed by atoms with E-state index in [-0.39, 0.29) is 0 Å². The summed E-state index contributed by atoms with van der Waals surface area (Å²) < 4.78 is 19.1. The summed E-state index contributed by atoms with van der Waals surface area (Å²) in [7, 11) is 0. The number of hydrogen-bond donors (Lipinski definition) is 0. The number of nitrogens with zero attached hydrogens (tertiary/aromatic N) is 2. The van der Waals surface area contributed by atoms with Crippen LogP contribution in [0.25, 0.3) is 88.7 Å². The van der Waals surface area contributed by atoms with E-state index in [1.807, 2.05) is 60.7 Å². The second-order valence-electron chi connectivity index (χ2n) is 13.6. The largest absolute Gasteiger partial charge is 0.456 e. The van der Waals surface area contributed by atoms with E-state index < -0.39 is 0 Å². The highest BCUT2D eigenvalue weighted by molar-refractivity contribution is 6.11. The number of furan rings is 2. The molecule has 254 valence electrons. The number of anilines is 3. The highest BCUT2D eigenvalue weighted by Crippen LogP contribution is 2.42.